The Balaban J connectivity index is 1.36. The smallest absolute Gasteiger partial charge is 0.329 e. The van der Waals surface area contributed by atoms with Crippen molar-refractivity contribution in [1.29, 1.82) is 0 Å². The monoisotopic (exact) mass is 807 g/mol. The summed E-state index contributed by atoms with van der Waals surface area (Å²) in [6.45, 7) is 5.06. The molecule has 4 aliphatic heterocycles. The van der Waals surface area contributed by atoms with Crippen LogP contribution in [0.1, 0.15) is 64.0 Å². The lowest BCUT2D eigenvalue weighted by Gasteiger charge is -2.39. The number of cyclic esters (lactones) is 1. The number of hydrogen-bond acceptors (Lipinski definition) is 9. The van der Waals surface area contributed by atoms with E-state index in [4.69, 9.17) is 10.5 Å². The van der Waals surface area contributed by atoms with E-state index in [2.05, 4.69) is 16.0 Å². The first-order valence-corrected chi connectivity index (χ1v) is 19.9. The predicted octanol–water partition coefficient (Wildman–Crippen LogP) is 0.716. The number of amides is 6. The minimum absolute atomic E-state index is 0.0343. The number of piperidine rings is 1. The first kappa shape index (κ1) is 42.2. The van der Waals surface area contributed by atoms with Crippen LogP contribution in [-0.4, -0.2) is 124 Å². The van der Waals surface area contributed by atoms with E-state index in [0.29, 0.717) is 30.9 Å². The second-order valence-corrected chi connectivity index (χ2v) is 16.0. The third-order valence-electron chi connectivity index (χ3n) is 11.3. The summed E-state index contributed by atoms with van der Waals surface area (Å²) in [4.78, 5) is 102. The van der Waals surface area contributed by atoms with Gasteiger partial charge in [-0.15, -0.1) is 0 Å². The van der Waals surface area contributed by atoms with Crippen molar-refractivity contribution in [2.75, 3.05) is 19.6 Å². The zero-order valence-electron chi connectivity index (χ0n) is 32.8. The maximum Gasteiger partial charge on any atom is 0.329 e. The van der Waals surface area contributed by atoms with E-state index in [-0.39, 0.29) is 56.8 Å². The molecule has 0 aromatic heterocycles. The van der Waals surface area contributed by atoms with Crippen molar-refractivity contribution < 1.29 is 47.1 Å². The molecule has 0 bridgehead atoms. The van der Waals surface area contributed by atoms with Gasteiger partial charge in [0.05, 0.1) is 6.42 Å². The van der Waals surface area contributed by atoms with Gasteiger partial charge in [0.1, 0.15) is 54.0 Å². The first-order chi connectivity index (χ1) is 27.6. The molecule has 0 aliphatic carbocycles. The van der Waals surface area contributed by atoms with Crippen LogP contribution in [0.5, 0.6) is 0 Å². The third kappa shape index (κ3) is 9.63. The number of hydrogen-bond donors (Lipinski definition) is 4. The fourth-order valence-corrected chi connectivity index (χ4v) is 8.48. The van der Waals surface area contributed by atoms with Crippen LogP contribution in [0.4, 0.5) is 8.78 Å². The summed E-state index contributed by atoms with van der Waals surface area (Å²) in [5, 5.41) is 8.00. The average molecular weight is 808 g/mol. The van der Waals surface area contributed by atoms with Crippen molar-refractivity contribution in [1.82, 2.24) is 30.7 Å². The molecule has 58 heavy (non-hydrogen) atoms. The molecule has 4 heterocycles. The van der Waals surface area contributed by atoms with Crippen LogP contribution in [0, 0.1) is 17.6 Å². The molecule has 4 aliphatic rings. The summed E-state index contributed by atoms with van der Waals surface area (Å²) in [7, 11) is 0. The van der Waals surface area contributed by atoms with Crippen LogP contribution < -0.4 is 21.7 Å². The summed E-state index contributed by atoms with van der Waals surface area (Å²) in [6.07, 6.45) is -0.0915. The molecule has 4 saturated heterocycles. The molecule has 312 valence electrons. The molecule has 15 nitrogen and oxygen atoms in total. The molecule has 2 aromatic carbocycles. The average Bonchev–Trinajstić information content (AvgIpc) is 3.77. The van der Waals surface area contributed by atoms with Gasteiger partial charge in [0, 0.05) is 38.2 Å². The van der Waals surface area contributed by atoms with Gasteiger partial charge >= 0.3 is 5.97 Å². The van der Waals surface area contributed by atoms with Gasteiger partial charge in [-0.2, -0.15) is 0 Å². The Labute approximate surface area is 335 Å². The molecule has 0 radical (unpaired) electrons. The molecule has 9 atom stereocenters. The van der Waals surface area contributed by atoms with Gasteiger partial charge in [-0.25, -0.2) is 13.6 Å². The predicted molar refractivity (Wildman–Crippen MR) is 204 cm³/mol. The van der Waals surface area contributed by atoms with E-state index >= 15 is 0 Å². The second kappa shape index (κ2) is 18.0. The topological polar surface area (TPSA) is 201 Å². The molecule has 6 rings (SSSR count). The van der Waals surface area contributed by atoms with Crippen molar-refractivity contribution in [3.8, 4) is 0 Å². The van der Waals surface area contributed by atoms with E-state index in [0.717, 1.165) is 12.1 Å². The fraction of sp³-hybridized carbons (Fsp3) is 0.537. The SMILES string of the molecule is C[C@H]1C[C@H]2C(=O)O[C@@H](C)[C@H](NC(=O)[C@H](Cc3cc(F)cc(F)c3)NC(=O)Cc3ccccc3)C(=O)N3C[C@@H](N)C[C@H]3C(=O)N3CCCC[C@H]3C(=O)N[C@@H](C)C(=O)N2C1. The number of nitrogens with two attached hydrogens (primary N) is 1. The molecule has 0 saturated carbocycles. The molecular formula is C41H51F2N7O8. The van der Waals surface area contributed by atoms with Crippen molar-refractivity contribution in [2.45, 2.75) is 114 Å². The number of carbonyl (C=O) groups is 7. The highest BCUT2D eigenvalue weighted by Crippen LogP contribution is 2.29. The van der Waals surface area contributed by atoms with E-state index in [1.165, 1.54) is 28.5 Å². The van der Waals surface area contributed by atoms with Gasteiger partial charge in [0.2, 0.25) is 35.4 Å². The quantitative estimate of drug-likeness (QED) is 0.291. The highest BCUT2D eigenvalue weighted by Gasteiger charge is 2.48. The Hall–Kier alpha value is -5.45. The maximum absolute atomic E-state index is 14.8. The van der Waals surface area contributed by atoms with Crippen molar-refractivity contribution in [3.05, 3.63) is 71.3 Å². The fourth-order valence-electron chi connectivity index (χ4n) is 8.48. The van der Waals surface area contributed by atoms with E-state index in [1.807, 2.05) is 6.92 Å². The normalized spacial score (nSPS) is 28.9. The van der Waals surface area contributed by atoms with Gasteiger partial charge < -0.3 is 41.1 Å². The third-order valence-corrected chi connectivity index (χ3v) is 11.3. The Morgan fingerprint density at radius 2 is 1.53 bits per heavy atom. The molecule has 4 fully saturated rings. The Morgan fingerprint density at radius 1 is 0.845 bits per heavy atom. The number of esters is 1. The van der Waals surface area contributed by atoms with Crippen molar-refractivity contribution in [2.24, 2.45) is 11.7 Å². The highest BCUT2D eigenvalue weighted by atomic mass is 19.1. The molecule has 0 spiro atoms. The number of fused-ring (bicyclic) bond motifs is 3. The Morgan fingerprint density at radius 3 is 2.24 bits per heavy atom. The van der Waals surface area contributed by atoms with Gasteiger partial charge in [0.25, 0.3) is 0 Å². The van der Waals surface area contributed by atoms with Crippen LogP contribution in [0.15, 0.2) is 48.5 Å². The Kier molecular flexibility index (Phi) is 13.1. The van der Waals surface area contributed by atoms with Gasteiger partial charge in [0.15, 0.2) is 0 Å². The van der Waals surface area contributed by atoms with Crippen LogP contribution in [0.2, 0.25) is 0 Å². The summed E-state index contributed by atoms with van der Waals surface area (Å²) < 4.78 is 34.5. The van der Waals surface area contributed by atoms with E-state index in [1.54, 1.807) is 30.3 Å². The van der Waals surface area contributed by atoms with E-state index < -0.39 is 101 Å². The van der Waals surface area contributed by atoms with Crippen molar-refractivity contribution >= 4 is 41.4 Å². The molecule has 2 aromatic rings. The van der Waals surface area contributed by atoms with Crippen LogP contribution >= 0.6 is 0 Å². The zero-order valence-corrected chi connectivity index (χ0v) is 32.8. The van der Waals surface area contributed by atoms with E-state index in [9.17, 15) is 42.3 Å². The number of ether oxygens (including phenoxy) is 1. The Bertz CT molecular complexity index is 1900. The highest BCUT2D eigenvalue weighted by molar-refractivity contribution is 5.98. The lowest BCUT2D eigenvalue weighted by molar-refractivity contribution is -0.163. The zero-order chi connectivity index (χ0) is 41.8. The standard InChI is InChI=1S/C41H51F2N7O8/c1-22-13-33-41(57)58-24(3)35(47-36(52)30(16-26-14-27(42)18-28(43)15-26)46-34(51)17-25-9-5-4-6-10-25)40(56)50-21-29(44)19-32(50)39(55)48-12-8-7-11-31(48)37(53)45-23(2)38(54)49(33)20-22/h4-6,9-10,14-15,18,22-24,29-33,35H,7-8,11-13,16-17,19-21,44H2,1-3H3,(H,45,53)(H,46,51)(H,47,52)/t22-,23-,24-,29-,30-,31-,32-,33-,35-/m0/s1. The lowest BCUT2D eigenvalue weighted by atomic mass is 9.98. The number of nitrogens with zero attached hydrogens (tertiary/aromatic N) is 3. The summed E-state index contributed by atoms with van der Waals surface area (Å²) in [6, 6.07) is 3.36. The molecule has 5 N–H and O–H groups in total. The summed E-state index contributed by atoms with van der Waals surface area (Å²) in [5.41, 5.74) is 7.03. The van der Waals surface area contributed by atoms with Crippen LogP contribution in [-0.2, 0) is 51.1 Å². The number of carbonyl (C=O) groups excluding carboxylic acids is 7. The molecule has 6 amide bonds. The number of halogens is 2. The van der Waals surface area contributed by atoms with Crippen LogP contribution in [0.3, 0.4) is 0 Å². The van der Waals surface area contributed by atoms with Crippen LogP contribution in [0.25, 0.3) is 0 Å². The van der Waals surface area contributed by atoms with Crippen molar-refractivity contribution in [3.63, 3.8) is 0 Å². The minimum Gasteiger partial charge on any atom is -0.458 e. The summed E-state index contributed by atoms with van der Waals surface area (Å²) >= 11 is 0. The molecule has 17 heteroatoms. The van der Waals surface area contributed by atoms with Gasteiger partial charge in [-0.3, -0.25) is 28.8 Å². The van der Waals surface area contributed by atoms with Gasteiger partial charge in [-0.1, -0.05) is 37.3 Å². The minimum atomic E-state index is -1.66. The first-order valence-electron chi connectivity index (χ1n) is 19.9. The molecule has 0 unspecified atom stereocenters. The van der Waals surface area contributed by atoms with Gasteiger partial charge in [-0.05, 0) is 75.1 Å². The number of rotatable bonds is 7. The second-order valence-electron chi connectivity index (χ2n) is 16.0. The lowest BCUT2D eigenvalue weighted by Crippen LogP contribution is -2.63. The summed E-state index contributed by atoms with van der Waals surface area (Å²) in [5.74, 6) is -6.74. The number of nitrogens with one attached hydrogen (secondary N) is 3. The molecular weight excluding hydrogens is 756 g/mol. The maximum atomic E-state index is 14.8. The number of benzene rings is 2. The largest absolute Gasteiger partial charge is 0.458 e.